The molecule has 1 aliphatic rings. The maximum absolute atomic E-state index is 11.9. The summed E-state index contributed by atoms with van der Waals surface area (Å²) in [6.07, 6.45) is 5.21. The van der Waals surface area contributed by atoms with E-state index in [4.69, 9.17) is 15.5 Å². The molecule has 0 aromatic carbocycles. The van der Waals surface area contributed by atoms with E-state index in [1.807, 2.05) is 36.5 Å². The van der Waals surface area contributed by atoms with Gasteiger partial charge in [-0.2, -0.15) is 0 Å². The van der Waals surface area contributed by atoms with Gasteiger partial charge < -0.3 is 25.6 Å². The average molecular weight is 466 g/mol. The second-order valence-corrected chi connectivity index (χ2v) is 8.91. The summed E-state index contributed by atoms with van der Waals surface area (Å²) in [5.74, 6) is 2.29. The number of hydrogen-bond acceptors (Lipinski definition) is 9. The second kappa shape index (κ2) is 10.6. The minimum atomic E-state index is -0.610. The van der Waals surface area contributed by atoms with Gasteiger partial charge in [-0.1, -0.05) is 17.8 Å². The van der Waals surface area contributed by atoms with Crippen LogP contribution < -0.4 is 20.7 Å². The van der Waals surface area contributed by atoms with Crippen molar-refractivity contribution >= 4 is 29.3 Å². The lowest BCUT2D eigenvalue weighted by Crippen LogP contribution is -2.44. The number of pyridine rings is 3. The van der Waals surface area contributed by atoms with Crippen molar-refractivity contribution in [3.05, 3.63) is 55.0 Å². The number of aromatic nitrogens is 3. The van der Waals surface area contributed by atoms with E-state index in [0.717, 1.165) is 41.9 Å². The third-order valence-corrected chi connectivity index (χ3v) is 5.98. The first-order valence-electron chi connectivity index (χ1n) is 10.7. The fourth-order valence-corrected chi connectivity index (χ4v) is 4.05. The van der Waals surface area contributed by atoms with Gasteiger partial charge in [0.15, 0.2) is 11.6 Å². The highest BCUT2D eigenvalue weighted by molar-refractivity contribution is 7.99. The van der Waals surface area contributed by atoms with Gasteiger partial charge in [0.1, 0.15) is 16.6 Å². The molecule has 0 saturated carbocycles. The maximum atomic E-state index is 11.9. The number of carbonyl (C=O) groups excluding carboxylic acids is 1. The van der Waals surface area contributed by atoms with Gasteiger partial charge in [-0.3, -0.25) is 9.78 Å². The second-order valence-electron chi connectivity index (χ2n) is 7.81. The number of carbonyl (C=O) groups is 1. The molecule has 9 nitrogen and oxygen atoms in total. The van der Waals surface area contributed by atoms with Gasteiger partial charge in [0.25, 0.3) is 0 Å². The van der Waals surface area contributed by atoms with Crippen molar-refractivity contribution in [1.82, 2.24) is 19.9 Å². The fourth-order valence-electron chi connectivity index (χ4n) is 3.24. The molecule has 1 amide bonds. The van der Waals surface area contributed by atoms with Crippen LogP contribution in [-0.4, -0.2) is 65.0 Å². The number of piperazine rings is 1. The van der Waals surface area contributed by atoms with Gasteiger partial charge >= 0.3 is 0 Å². The van der Waals surface area contributed by atoms with Crippen LogP contribution in [0.1, 0.15) is 6.92 Å². The summed E-state index contributed by atoms with van der Waals surface area (Å²) in [5.41, 5.74) is 5.63. The normalized spacial score (nSPS) is 15.2. The van der Waals surface area contributed by atoms with E-state index >= 15 is 0 Å². The molecule has 4 heterocycles. The molecule has 10 heteroatoms. The van der Waals surface area contributed by atoms with Crippen LogP contribution >= 0.6 is 11.8 Å². The van der Waals surface area contributed by atoms with Gasteiger partial charge in [-0.05, 0) is 38.2 Å². The maximum Gasteiger partial charge on any atom is 0.242 e. The Morgan fingerprint density at radius 2 is 2.00 bits per heavy atom. The van der Waals surface area contributed by atoms with Gasteiger partial charge in [0, 0.05) is 49.5 Å². The summed E-state index contributed by atoms with van der Waals surface area (Å²) in [6.45, 7) is 5.32. The van der Waals surface area contributed by atoms with E-state index in [1.165, 1.54) is 11.8 Å². The molecule has 3 aromatic rings. The lowest BCUT2D eigenvalue weighted by atomic mass is 10.3. The molecule has 1 aliphatic heterocycles. The van der Waals surface area contributed by atoms with Crippen LogP contribution in [0.5, 0.6) is 11.5 Å². The number of hydrogen-bond donors (Lipinski definition) is 2. The third kappa shape index (κ3) is 6.19. The highest BCUT2D eigenvalue weighted by Gasteiger charge is 2.20. The Morgan fingerprint density at radius 1 is 1.18 bits per heavy atom. The zero-order chi connectivity index (χ0) is 23.2. The number of likely N-dealkylation sites (N-methyl/N-ethyl adjacent to an activating group) is 1. The number of anilines is 2. The minimum Gasteiger partial charge on any atom is -0.452 e. The zero-order valence-corrected chi connectivity index (χ0v) is 19.5. The van der Waals surface area contributed by atoms with Gasteiger partial charge in [0.2, 0.25) is 5.91 Å². The predicted octanol–water partition coefficient (Wildman–Crippen LogP) is 2.85. The summed E-state index contributed by atoms with van der Waals surface area (Å²) < 4.78 is 6.19. The Balaban J connectivity index is 1.57. The lowest BCUT2D eigenvalue weighted by Gasteiger charge is -2.34. The highest BCUT2D eigenvalue weighted by atomic mass is 32.2. The molecule has 1 unspecified atom stereocenters. The van der Waals surface area contributed by atoms with Crippen LogP contribution in [-0.2, 0) is 4.79 Å². The standard InChI is InChI=1S/C23H27N7O2S/c1-16(24)23(31)28-20-6-3-7-21(27-20)33-18-13-19(32-17-5-4-8-25-14-17)22(26-15-18)30-11-9-29(2)10-12-30/h3-8,13-16H,9-12,24H2,1-2H3,(H,27,28,31). The van der Waals surface area contributed by atoms with E-state index < -0.39 is 6.04 Å². The third-order valence-electron chi connectivity index (χ3n) is 5.08. The first kappa shape index (κ1) is 23.0. The van der Waals surface area contributed by atoms with Gasteiger partial charge in [0.05, 0.1) is 12.2 Å². The lowest BCUT2D eigenvalue weighted by molar-refractivity contribution is -0.117. The first-order valence-corrected chi connectivity index (χ1v) is 11.5. The summed E-state index contributed by atoms with van der Waals surface area (Å²) in [7, 11) is 2.12. The van der Waals surface area contributed by atoms with Crippen LogP contribution in [0.25, 0.3) is 0 Å². The van der Waals surface area contributed by atoms with Crippen molar-refractivity contribution in [2.75, 3.05) is 43.4 Å². The van der Waals surface area contributed by atoms with Crippen molar-refractivity contribution in [2.45, 2.75) is 22.9 Å². The molecule has 4 rings (SSSR count). The fraction of sp³-hybridized carbons (Fsp3) is 0.304. The number of nitrogens with two attached hydrogens (primary N) is 1. The van der Waals surface area contributed by atoms with E-state index in [1.54, 1.807) is 25.4 Å². The SMILES string of the molecule is CC(N)C(=O)Nc1cccc(Sc2cnc(N3CCN(C)CC3)c(Oc3cccnc3)c2)n1. The van der Waals surface area contributed by atoms with Crippen LogP contribution in [0.2, 0.25) is 0 Å². The summed E-state index contributed by atoms with van der Waals surface area (Å²) in [5, 5.41) is 3.44. The molecule has 33 heavy (non-hydrogen) atoms. The van der Waals surface area contributed by atoms with Crippen LogP contribution in [0.3, 0.4) is 0 Å². The molecule has 0 aliphatic carbocycles. The number of nitrogens with zero attached hydrogens (tertiary/aromatic N) is 5. The highest BCUT2D eigenvalue weighted by Crippen LogP contribution is 2.36. The van der Waals surface area contributed by atoms with E-state index in [-0.39, 0.29) is 5.91 Å². The van der Waals surface area contributed by atoms with E-state index in [2.05, 4.69) is 32.1 Å². The number of nitrogens with one attached hydrogen (secondary N) is 1. The Bertz CT molecular complexity index is 1090. The smallest absolute Gasteiger partial charge is 0.242 e. The molecule has 0 spiro atoms. The predicted molar refractivity (Wildman–Crippen MR) is 129 cm³/mol. The van der Waals surface area contributed by atoms with Crippen LogP contribution in [0.15, 0.2) is 64.9 Å². The molecule has 0 radical (unpaired) electrons. The Labute approximate surface area is 197 Å². The van der Waals surface area contributed by atoms with Crippen LogP contribution in [0, 0.1) is 0 Å². The Kier molecular flexibility index (Phi) is 7.38. The number of ether oxygens (including phenoxy) is 1. The molecule has 0 bridgehead atoms. The first-order chi connectivity index (χ1) is 16.0. The molecule has 3 aromatic heterocycles. The van der Waals surface area contributed by atoms with Crippen LogP contribution in [0.4, 0.5) is 11.6 Å². The topological polar surface area (TPSA) is 110 Å². The van der Waals surface area contributed by atoms with E-state index in [0.29, 0.717) is 17.3 Å². The minimum absolute atomic E-state index is 0.282. The van der Waals surface area contributed by atoms with Crippen molar-refractivity contribution < 1.29 is 9.53 Å². The molecule has 172 valence electrons. The monoisotopic (exact) mass is 465 g/mol. The van der Waals surface area contributed by atoms with Crippen molar-refractivity contribution in [3.63, 3.8) is 0 Å². The zero-order valence-electron chi connectivity index (χ0n) is 18.6. The summed E-state index contributed by atoms with van der Waals surface area (Å²) in [4.78, 5) is 30.7. The van der Waals surface area contributed by atoms with E-state index in [9.17, 15) is 4.79 Å². The quantitative estimate of drug-likeness (QED) is 0.544. The Morgan fingerprint density at radius 3 is 2.73 bits per heavy atom. The molecule has 1 atom stereocenters. The molecule has 3 N–H and O–H groups in total. The molecular weight excluding hydrogens is 438 g/mol. The number of amides is 1. The summed E-state index contributed by atoms with van der Waals surface area (Å²) >= 11 is 1.44. The van der Waals surface area contributed by atoms with Crippen molar-refractivity contribution in [2.24, 2.45) is 5.73 Å². The molecule has 1 saturated heterocycles. The summed E-state index contributed by atoms with van der Waals surface area (Å²) in [6, 6.07) is 10.5. The largest absolute Gasteiger partial charge is 0.452 e. The number of rotatable bonds is 7. The average Bonchev–Trinajstić information content (AvgIpc) is 2.81. The van der Waals surface area contributed by atoms with Gasteiger partial charge in [-0.25, -0.2) is 9.97 Å². The van der Waals surface area contributed by atoms with Crippen molar-refractivity contribution in [1.29, 1.82) is 0 Å². The molecule has 1 fully saturated rings. The Hall–Kier alpha value is -3.21. The van der Waals surface area contributed by atoms with Gasteiger partial charge in [-0.15, -0.1) is 0 Å². The molecular formula is C23H27N7O2S. The van der Waals surface area contributed by atoms with Crippen molar-refractivity contribution in [3.8, 4) is 11.5 Å².